The van der Waals surface area contributed by atoms with Gasteiger partial charge in [0.1, 0.15) is 0 Å². The maximum absolute atomic E-state index is 3.43. The smallest absolute Gasteiger partial charge is 0.00796 e. The molecule has 1 heterocycles. The molecule has 0 aliphatic rings. The van der Waals surface area contributed by atoms with Crippen LogP contribution in [0.5, 0.6) is 0 Å². The van der Waals surface area contributed by atoms with Crippen LogP contribution in [0.1, 0.15) is 9.75 Å². The van der Waals surface area contributed by atoms with E-state index in [9.17, 15) is 0 Å². The molecule has 0 saturated heterocycles. The molecule has 0 unspecified atom stereocenters. The molecule has 0 aromatic carbocycles. The second-order valence-electron chi connectivity index (χ2n) is 2.25. The fraction of sp³-hybridized carbons (Fsp3) is 0.500. The molecule has 0 radical (unpaired) electrons. The lowest BCUT2D eigenvalue weighted by atomic mass is 10.3. The van der Waals surface area contributed by atoms with Crippen molar-refractivity contribution >= 4 is 43.2 Å². The SMILES string of the molecule is BrCCc1ccc(CCBr)s1. The van der Waals surface area contributed by atoms with Gasteiger partial charge in [-0.05, 0) is 25.0 Å². The summed E-state index contributed by atoms with van der Waals surface area (Å²) in [6.45, 7) is 0. The summed E-state index contributed by atoms with van der Waals surface area (Å²) in [5, 5.41) is 2.14. The van der Waals surface area contributed by atoms with Crippen LogP contribution in [-0.2, 0) is 12.8 Å². The Bertz CT molecular complexity index is 187. The zero-order valence-corrected chi connectivity index (χ0v) is 10.1. The number of hydrogen-bond donors (Lipinski definition) is 0. The van der Waals surface area contributed by atoms with Gasteiger partial charge >= 0.3 is 0 Å². The third kappa shape index (κ3) is 3.26. The normalized spacial score (nSPS) is 10.4. The lowest BCUT2D eigenvalue weighted by Gasteiger charge is -1.89. The average molecular weight is 298 g/mol. The molecule has 0 N–H and O–H groups in total. The van der Waals surface area contributed by atoms with Crippen LogP contribution in [0.25, 0.3) is 0 Å². The van der Waals surface area contributed by atoms with E-state index in [-0.39, 0.29) is 0 Å². The lowest BCUT2D eigenvalue weighted by molar-refractivity contribution is 1.22. The van der Waals surface area contributed by atoms with Crippen LogP contribution in [0.3, 0.4) is 0 Å². The molecule has 0 saturated carbocycles. The standard InChI is InChI=1S/C8H10Br2S/c9-5-3-7-1-2-8(11-7)4-6-10/h1-2H,3-6H2. The van der Waals surface area contributed by atoms with Gasteiger partial charge in [-0.1, -0.05) is 31.9 Å². The molecule has 11 heavy (non-hydrogen) atoms. The second-order valence-corrected chi connectivity index (χ2v) is 5.08. The summed E-state index contributed by atoms with van der Waals surface area (Å²) in [7, 11) is 0. The Labute approximate surface area is 88.3 Å². The van der Waals surface area contributed by atoms with Crippen LogP contribution in [0.4, 0.5) is 0 Å². The minimum Gasteiger partial charge on any atom is -0.145 e. The molecule has 0 aliphatic carbocycles. The summed E-state index contributed by atoms with van der Waals surface area (Å²) < 4.78 is 0. The highest BCUT2D eigenvalue weighted by Gasteiger charge is 1.97. The summed E-state index contributed by atoms with van der Waals surface area (Å²) in [6.07, 6.45) is 2.32. The number of hydrogen-bond acceptors (Lipinski definition) is 1. The molecule has 0 amide bonds. The highest BCUT2D eigenvalue weighted by molar-refractivity contribution is 9.09. The molecule has 1 aromatic heterocycles. The van der Waals surface area contributed by atoms with Crippen molar-refractivity contribution in [1.82, 2.24) is 0 Å². The highest BCUT2D eigenvalue weighted by Crippen LogP contribution is 2.18. The van der Waals surface area contributed by atoms with E-state index in [1.165, 1.54) is 9.75 Å². The molecule has 62 valence electrons. The highest BCUT2D eigenvalue weighted by atomic mass is 79.9. The first-order valence-corrected chi connectivity index (χ1v) is 6.62. The summed E-state index contributed by atoms with van der Waals surface area (Å²) in [4.78, 5) is 2.97. The number of aryl methyl sites for hydroxylation is 2. The molecular formula is C8H10Br2S. The van der Waals surface area contributed by atoms with Crippen molar-refractivity contribution in [2.24, 2.45) is 0 Å². The Hall–Kier alpha value is 0.660. The molecule has 1 aromatic rings. The van der Waals surface area contributed by atoms with Gasteiger partial charge in [0.25, 0.3) is 0 Å². The Balaban J connectivity index is 2.51. The zero-order valence-electron chi connectivity index (χ0n) is 6.15. The molecule has 0 nitrogen and oxygen atoms in total. The van der Waals surface area contributed by atoms with Crippen LogP contribution in [0.15, 0.2) is 12.1 Å². The second kappa shape index (κ2) is 5.33. The molecule has 0 aliphatic heterocycles. The molecule has 0 spiro atoms. The van der Waals surface area contributed by atoms with E-state index in [1.54, 1.807) is 0 Å². The Morgan fingerprint density at radius 1 is 1.00 bits per heavy atom. The largest absolute Gasteiger partial charge is 0.145 e. The summed E-state index contributed by atoms with van der Waals surface area (Å²) in [6, 6.07) is 4.45. The van der Waals surface area contributed by atoms with Crippen LogP contribution >= 0.6 is 43.2 Å². The number of halogens is 2. The van der Waals surface area contributed by atoms with Crippen molar-refractivity contribution in [2.45, 2.75) is 12.8 Å². The van der Waals surface area contributed by atoms with Gasteiger partial charge in [-0.15, -0.1) is 11.3 Å². The van der Waals surface area contributed by atoms with Crippen molar-refractivity contribution in [1.29, 1.82) is 0 Å². The third-order valence-electron chi connectivity index (χ3n) is 1.40. The minimum atomic E-state index is 1.07. The molecular weight excluding hydrogens is 288 g/mol. The van der Waals surface area contributed by atoms with Gasteiger partial charge in [0.2, 0.25) is 0 Å². The first-order chi connectivity index (χ1) is 5.36. The Morgan fingerprint density at radius 3 is 1.82 bits per heavy atom. The van der Waals surface area contributed by atoms with E-state index in [1.807, 2.05) is 11.3 Å². The first kappa shape index (κ1) is 9.75. The van der Waals surface area contributed by atoms with Crippen LogP contribution in [0.2, 0.25) is 0 Å². The Morgan fingerprint density at radius 2 is 1.45 bits per heavy atom. The maximum Gasteiger partial charge on any atom is 0.00796 e. The van der Waals surface area contributed by atoms with E-state index in [2.05, 4.69) is 44.0 Å². The third-order valence-corrected chi connectivity index (χ3v) is 3.40. The van der Waals surface area contributed by atoms with Crippen molar-refractivity contribution in [3.8, 4) is 0 Å². The summed E-state index contributed by atoms with van der Waals surface area (Å²) in [5.41, 5.74) is 0. The van der Waals surface area contributed by atoms with E-state index < -0.39 is 0 Å². The predicted molar refractivity (Wildman–Crippen MR) is 59.3 cm³/mol. The molecule has 0 atom stereocenters. The van der Waals surface area contributed by atoms with Crippen molar-refractivity contribution in [2.75, 3.05) is 10.7 Å². The quantitative estimate of drug-likeness (QED) is 0.745. The number of rotatable bonds is 4. The van der Waals surface area contributed by atoms with Crippen molar-refractivity contribution in [3.05, 3.63) is 21.9 Å². The van der Waals surface area contributed by atoms with Gasteiger partial charge in [-0.2, -0.15) is 0 Å². The summed E-state index contributed by atoms with van der Waals surface area (Å²) in [5.74, 6) is 0. The Kier molecular flexibility index (Phi) is 4.72. The van der Waals surface area contributed by atoms with Crippen molar-refractivity contribution in [3.63, 3.8) is 0 Å². The van der Waals surface area contributed by atoms with Crippen LogP contribution in [-0.4, -0.2) is 10.7 Å². The van der Waals surface area contributed by atoms with E-state index in [0.717, 1.165) is 23.5 Å². The topological polar surface area (TPSA) is 0 Å². The molecule has 3 heteroatoms. The number of alkyl halides is 2. The summed E-state index contributed by atoms with van der Waals surface area (Å²) >= 11 is 8.79. The zero-order chi connectivity index (χ0) is 8.10. The molecule has 1 rings (SSSR count). The molecule has 0 bridgehead atoms. The van der Waals surface area contributed by atoms with E-state index in [0.29, 0.717) is 0 Å². The molecule has 0 fully saturated rings. The van der Waals surface area contributed by atoms with Gasteiger partial charge < -0.3 is 0 Å². The van der Waals surface area contributed by atoms with Crippen LogP contribution < -0.4 is 0 Å². The monoisotopic (exact) mass is 296 g/mol. The fourth-order valence-electron chi connectivity index (χ4n) is 0.877. The van der Waals surface area contributed by atoms with Gasteiger partial charge in [0.15, 0.2) is 0 Å². The average Bonchev–Trinajstić information content (AvgIpc) is 2.38. The van der Waals surface area contributed by atoms with Gasteiger partial charge in [0, 0.05) is 20.4 Å². The van der Waals surface area contributed by atoms with Crippen molar-refractivity contribution < 1.29 is 0 Å². The van der Waals surface area contributed by atoms with Gasteiger partial charge in [-0.25, -0.2) is 0 Å². The number of thiophene rings is 1. The van der Waals surface area contributed by atoms with Gasteiger partial charge in [-0.3, -0.25) is 0 Å². The lowest BCUT2D eigenvalue weighted by Crippen LogP contribution is -1.78. The van der Waals surface area contributed by atoms with Crippen LogP contribution in [0, 0.1) is 0 Å². The predicted octanol–water partition coefficient (Wildman–Crippen LogP) is 3.62. The first-order valence-electron chi connectivity index (χ1n) is 3.56. The van der Waals surface area contributed by atoms with E-state index >= 15 is 0 Å². The van der Waals surface area contributed by atoms with E-state index in [4.69, 9.17) is 0 Å². The fourth-order valence-corrected chi connectivity index (χ4v) is 3.27. The minimum absolute atomic E-state index is 1.07. The maximum atomic E-state index is 3.43. The van der Waals surface area contributed by atoms with Gasteiger partial charge in [0.05, 0.1) is 0 Å².